The smallest absolute Gasteiger partial charge is 0.356 e. The number of halogens is 1. The number of carbonyl (C=O) groups is 1. The number of nitrogens with one attached hydrogen (secondary N) is 3. The van der Waals surface area contributed by atoms with Gasteiger partial charge in [0.05, 0.1) is 19.4 Å². The first-order valence-electron chi connectivity index (χ1n) is 8.22. The highest BCUT2D eigenvalue weighted by molar-refractivity contribution is 7.80. The van der Waals surface area contributed by atoms with Crippen LogP contribution in [0.25, 0.3) is 10.9 Å². The first kappa shape index (κ1) is 18.7. The molecule has 6 nitrogen and oxygen atoms in total. The fourth-order valence-electron chi connectivity index (χ4n) is 2.59. The summed E-state index contributed by atoms with van der Waals surface area (Å²) in [5.74, 6) is -0.204. The molecule has 1 heterocycles. The predicted molar refractivity (Wildman–Crippen MR) is 107 cm³/mol. The molecule has 0 spiro atoms. The second-order valence-corrected chi connectivity index (χ2v) is 6.00. The number of H-pyrrole nitrogens is 1. The fourth-order valence-corrected chi connectivity index (χ4v) is 2.81. The molecule has 0 aliphatic heterocycles. The number of fused-ring (bicyclic) bond motifs is 1. The third-order valence-corrected chi connectivity index (χ3v) is 4.03. The Morgan fingerprint density at radius 1 is 1.19 bits per heavy atom. The van der Waals surface area contributed by atoms with Gasteiger partial charge in [-0.05, 0) is 61.6 Å². The number of aromatic amines is 1. The first-order valence-corrected chi connectivity index (χ1v) is 8.63. The van der Waals surface area contributed by atoms with E-state index in [0.29, 0.717) is 17.1 Å². The van der Waals surface area contributed by atoms with Crippen molar-refractivity contribution in [3.63, 3.8) is 0 Å². The number of carbonyl (C=O) groups excluding carboxylic acids is 1. The number of hydrogen-bond acceptors (Lipinski definition) is 4. The number of hydrogen-bond donors (Lipinski definition) is 3. The third kappa shape index (κ3) is 4.17. The summed E-state index contributed by atoms with van der Waals surface area (Å²) in [5.41, 5.74) is 2.07. The molecule has 3 N–H and O–H groups in total. The van der Waals surface area contributed by atoms with E-state index in [9.17, 15) is 9.18 Å². The normalized spacial score (nSPS) is 10.5. The van der Waals surface area contributed by atoms with Crippen LogP contribution in [0.2, 0.25) is 0 Å². The highest BCUT2D eigenvalue weighted by atomic mass is 32.1. The summed E-state index contributed by atoms with van der Waals surface area (Å²) in [6, 6.07) is 11.2. The van der Waals surface area contributed by atoms with Crippen LogP contribution in [0.15, 0.2) is 42.5 Å². The zero-order valence-corrected chi connectivity index (χ0v) is 15.6. The number of aromatic nitrogens is 1. The van der Waals surface area contributed by atoms with E-state index in [1.165, 1.54) is 12.1 Å². The van der Waals surface area contributed by atoms with Crippen LogP contribution in [-0.4, -0.2) is 29.8 Å². The van der Waals surface area contributed by atoms with E-state index >= 15 is 0 Å². The number of anilines is 2. The standard InChI is InChI=1S/C19H18FN3O3S/c1-3-26-18(24)17-16(14-10-13(25-2)8-9-15(14)22-17)23-19(27)21-12-6-4-11(20)5-7-12/h4-10,22H,3H2,1-2H3,(H2,21,23,27). The maximum Gasteiger partial charge on any atom is 0.356 e. The number of rotatable bonds is 5. The van der Waals surface area contributed by atoms with E-state index in [-0.39, 0.29) is 23.2 Å². The number of esters is 1. The quantitative estimate of drug-likeness (QED) is 0.448. The van der Waals surface area contributed by atoms with Gasteiger partial charge in [-0.2, -0.15) is 0 Å². The van der Waals surface area contributed by atoms with Gasteiger partial charge in [0.25, 0.3) is 0 Å². The minimum absolute atomic E-state index is 0.245. The zero-order chi connectivity index (χ0) is 19.4. The molecule has 3 rings (SSSR count). The van der Waals surface area contributed by atoms with Crippen LogP contribution in [0.1, 0.15) is 17.4 Å². The summed E-state index contributed by atoms with van der Waals surface area (Å²) in [6.07, 6.45) is 0. The largest absolute Gasteiger partial charge is 0.497 e. The summed E-state index contributed by atoms with van der Waals surface area (Å²) in [5, 5.41) is 6.95. The molecule has 0 unspecified atom stereocenters. The highest BCUT2D eigenvalue weighted by Gasteiger charge is 2.20. The maximum atomic E-state index is 13.0. The van der Waals surface area contributed by atoms with Gasteiger partial charge in [0.15, 0.2) is 5.11 Å². The molecule has 0 radical (unpaired) electrons. The van der Waals surface area contributed by atoms with Gasteiger partial charge in [0.1, 0.15) is 17.3 Å². The zero-order valence-electron chi connectivity index (χ0n) is 14.8. The molecule has 0 saturated heterocycles. The van der Waals surface area contributed by atoms with Crippen LogP contribution in [0, 0.1) is 5.82 Å². The molecule has 0 amide bonds. The first-order chi connectivity index (χ1) is 13.0. The maximum absolute atomic E-state index is 13.0. The van der Waals surface area contributed by atoms with Crippen LogP contribution in [0.4, 0.5) is 15.8 Å². The van der Waals surface area contributed by atoms with Crippen LogP contribution < -0.4 is 15.4 Å². The van der Waals surface area contributed by atoms with Crippen LogP contribution in [0.3, 0.4) is 0 Å². The van der Waals surface area contributed by atoms with Crippen molar-refractivity contribution >= 4 is 45.6 Å². The van der Waals surface area contributed by atoms with Gasteiger partial charge in [-0.1, -0.05) is 0 Å². The summed E-state index contributed by atoms with van der Waals surface area (Å²) < 4.78 is 23.4. The second kappa shape index (κ2) is 8.05. The molecule has 0 saturated carbocycles. The minimum Gasteiger partial charge on any atom is -0.497 e. The fraction of sp³-hybridized carbons (Fsp3) is 0.158. The van der Waals surface area contributed by atoms with Gasteiger partial charge >= 0.3 is 5.97 Å². The summed E-state index contributed by atoms with van der Waals surface area (Å²) in [6.45, 7) is 1.98. The Morgan fingerprint density at radius 2 is 1.93 bits per heavy atom. The molecular weight excluding hydrogens is 369 g/mol. The van der Waals surface area contributed by atoms with E-state index in [1.807, 2.05) is 0 Å². The highest BCUT2D eigenvalue weighted by Crippen LogP contribution is 2.31. The van der Waals surface area contributed by atoms with E-state index in [0.717, 1.165) is 10.9 Å². The Morgan fingerprint density at radius 3 is 2.59 bits per heavy atom. The van der Waals surface area contributed by atoms with Crippen molar-refractivity contribution in [2.45, 2.75) is 6.92 Å². The molecule has 0 aliphatic carbocycles. The molecule has 0 fully saturated rings. The van der Waals surface area contributed by atoms with Crippen LogP contribution in [-0.2, 0) is 4.74 Å². The average Bonchev–Trinajstić information content (AvgIpc) is 3.01. The third-order valence-electron chi connectivity index (χ3n) is 3.83. The molecule has 8 heteroatoms. The lowest BCUT2D eigenvalue weighted by atomic mass is 10.2. The van der Waals surface area contributed by atoms with Crippen molar-refractivity contribution in [2.75, 3.05) is 24.4 Å². The molecule has 3 aromatic rings. The van der Waals surface area contributed by atoms with Crippen molar-refractivity contribution in [1.82, 2.24) is 4.98 Å². The minimum atomic E-state index is -0.500. The summed E-state index contributed by atoms with van der Waals surface area (Å²) in [7, 11) is 1.56. The Bertz CT molecular complexity index is 986. The van der Waals surface area contributed by atoms with Crippen molar-refractivity contribution in [2.24, 2.45) is 0 Å². The Balaban J connectivity index is 1.94. The van der Waals surface area contributed by atoms with Crippen molar-refractivity contribution in [3.05, 3.63) is 54.0 Å². The molecule has 0 bridgehead atoms. The Hall–Kier alpha value is -3.13. The number of benzene rings is 2. The second-order valence-electron chi connectivity index (χ2n) is 5.59. The lowest BCUT2D eigenvalue weighted by Crippen LogP contribution is -2.20. The van der Waals surface area contributed by atoms with E-state index in [1.54, 1.807) is 44.4 Å². The number of thiocarbonyl (C=S) groups is 1. The lowest BCUT2D eigenvalue weighted by Gasteiger charge is -2.12. The summed E-state index contributed by atoms with van der Waals surface area (Å²) in [4.78, 5) is 15.4. The predicted octanol–water partition coefficient (Wildman–Crippen LogP) is 4.30. The topological polar surface area (TPSA) is 75.4 Å². The molecule has 2 aromatic carbocycles. The molecule has 0 aliphatic rings. The van der Waals surface area contributed by atoms with Gasteiger partial charge in [0.2, 0.25) is 0 Å². The van der Waals surface area contributed by atoms with Gasteiger partial charge < -0.3 is 25.1 Å². The van der Waals surface area contributed by atoms with E-state index in [4.69, 9.17) is 21.7 Å². The van der Waals surface area contributed by atoms with Gasteiger partial charge in [-0.3, -0.25) is 0 Å². The van der Waals surface area contributed by atoms with Crippen LogP contribution >= 0.6 is 12.2 Å². The van der Waals surface area contributed by atoms with Gasteiger partial charge in [-0.15, -0.1) is 0 Å². The number of methoxy groups -OCH3 is 1. The van der Waals surface area contributed by atoms with Crippen molar-refractivity contribution in [3.8, 4) is 5.75 Å². The van der Waals surface area contributed by atoms with E-state index < -0.39 is 5.97 Å². The SMILES string of the molecule is CCOC(=O)c1[nH]c2ccc(OC)cc2c1NC(=S)Nc1ccc(F)cc1. The Labute approximate surface area is 160 Å². The van der Waals surface area contributed by atoms with Crippen molar-refractivity contribution < 1.29 is 18.7 Å². The molecular formula is C19H18FN3O3S. The monoisotopic (exact) mass is 387 g/mol. The Kier molecular flexibility index (Phi) is 5.56. The van der Waals surface area contributed by atoms with Crippen LogP contribution in [0.5, 0.6) is 5.75 Å². The molecule has 0 atom stereocenters. The number of ether oxygens (including phenoxy) is 2. The van der Waals surface area contributed by atoms with E-state index in [2.05, 4.69) is 15.6 Å². The molecule has 1 aromatic heterocycles. The molecule has 27 heavy (non-hydrogen) atoms. The average molecular weight is 387 g/mol. The van der Waals surface area contributed by atoms with Gasteiger partial charge in [-0.25, -0.2) is 9.18 Å². The lowest BCUT2D eigenvalue weighted by molar-refractivity contribution is 0.0522. The summed E-state index contributed by atoms with van der Waals surface area (Å²) >= 11 is 5.34. The van der Waals surface area contributed by atoms with Gasteiger partial charge in [0, 0.05) is 16.6 Å². The van der Waals surface area contributed by atoms with Crippen molar-refractivity contribution in [1.29, 1.82) is 0 Å². The molecule has 140 valence electrons.